The highest BCUT2D eigenvalue weighted by atomic mass is 32.2. The van der Waals surface area contributed by atoms with Gasteiger partial charge >= 0.3 is 6.18 Å². The van der Waals surface area contributed by atoms with Crippen molar-refractivity contribution in [2.75, 3.05) is 5.75 Å². The van der Waals surface area contributed by atoms with Crippen LogP contribution in [0.25, 0.3) is 5.69 Å². The lowest BCUT2D eigenvalue weighted by atomic mass is 10.2. The van der Waals surface area contributed by atoms with Gasteiger partial charge in [-0.3, -0.25) is 0 Å². The molecule has 1 aromatic heterocycles. The van der Waals surface area contributed by atoms with Crippen LogP contribution >= 0.6 is 0 Å². The van der Waals surface area contributed by atoms with Crippen molar-refractivity contribution in [2.45, 2.75) is 24.9 Å². The quantitative estimate of drug-likeness (QED) is 0.871. The van der Waals surface area contributed by atoms with Crippen LogP contribution in [0, 0.1) is 6.92 Å². The second-order valence-electron chi connectivity index (χ2n) is 4.37. The topological polar surface area (TPSA) is 64.8 Å². The molecule has 0 aliphatic heterocycles. The first kappa shape index (κ1) is 15.5. The third-order valence-corrected chi connectivity index (χ3v) is 4.71. The third-order valence-electron chi connectivity index (χ3n) is 2.95. The molecule has 0 unspecified atom stereocenters. The summed E-state index contributed by atoms with van der Waals surface area (Å²) in [6.45, 7) is 2.99. The molecule has 21 heavy (non-hydrogen) atoms. The minimum absolute atomic E-state index is 0.0554. The van der Waals surface area contributed by atoms with E-state index in [2.05, 4.69) is 10.3 Å². The Morgan fingerprint density at radius 2 is 1.95 bits per heavy atom. The number of hydrogen-bond donors (Lipinski definition) is 0. The summed E-state index contributed by atoms with van der Waals surface area (Å²) >= 11 is 0. The van der Waals surface area contributed by atoms with Crippen LogP contribution in [0.5, 0.6) is 0 Å². The Kier molecular flexibility index (Phi) is 3.79. The second-order valence-corrected chi connectivity index (χ2v) is 6.62. The van der Waals surface area contributed by atoms with Crippen LogP contribution in [0.3, 0.4) is 0 Å². The molecule has 2 aromatic rings. The average molecular weight is 319 g/mol. The van der Waals surface area contributed by atoms with E-state index in [4.69, 9.17) is 0 Å². The average Bonchev–Trinajstić information content (AvgIpc) is 2.83. The molecule has 0 spiro atoms. The smallest absolute Gasteiger partial charge is 0.224 e. The molecule has 0 amide bonds. The molecule has 0 N–H and O–H groups in total. The molecule has 2 rings (SSSR count). The molecule has 0 bridgehead atoms. The van der Waals surface area contributed by atoms with E-state index >= 15 is 0 Å². The summed E-state index contributed by atoms with van der Waals surface area (Å²) in [7, 11) is -3.84. The molecule has 0 atom stereocenters. The van der Waals surface area contributed by atoms with E-state index in [-0.39, 0.29) is 11.4 Å². The Balaban J connectivity index is 2.76. The van der Waals surface area contributed by atoms with E-state index in [1.807, 2.05) is 0 Å². The van der Waals surface area contributed by atoms with Gasteiger partial charge in [0, 0.05) is 0 Å². The Labute approximate surface area is 119 Å². The summed E-state index contributed by atoms with van der Waals surface area (Å²) in [5.41, 5.74) is -0.446. The maximum absolute atomic E-state index is 12.8. The zero-order chi connectivity index (χ0) is 15.8. The number of hydrogen-bond acceptors (Lipinski definition) is 4. The van der Waals surface area contributed by atoms with Gasteiger partial charge in [0.1, 0.15) is 0 Å². The van der Waals surface area contributed by atoms with Crippen LogP contribution in [0.1, 0.15) is 18.2 Å². The summed E-state index contributed by atoms with van der Waals surface area (Å²) in [5.74, 6) is -0.310. The number of nitrogens with zero attached hydrogens (tertiary/aromatic N) is 3. The van der Waals surface area contributed by atoms with E-state index in [0.717, 1.165) is 12.1 Å². The monoisotopic (exact) mass is 319 g/mol. The fraction of sp³-hybridized carbons (Fsp3) is 0.333. The van der Waals surface area contributed by atoms with Crippen molar-refractivity contribution in [3.63, 3.8) is 0 Å². The maximum atomic E-state index is 12.8. The van der Waals surface area contributed by atoms with Crippen LogP contribution in [-0.2, 0) is 16.0 Å². The highest BCUT2D eigenvalue weighted by molar-refractivity contribution is 7.91. The first-order valence-corrected chi connectivity index (χ1v) is 7.63. The predicted molar refractivity (Wildman–Crippen MR) is 68.8 cm³/mol. The molecule has 0 saturated heterocycles. The minimum atomic E-state index is -4.62. The predicted octanol–water partition coefficient (Wildman–Crippen LogP) is 2.39. The van der Waals surface area contributed by atoms with Gasteiger partial charge in [0.2, 0.25) is 0 Å². The fourth-order valence-corrected chi connectivity index (χ4v) is 2.89. The van der Waals surface area contributed by atoms with Gasteiger partial charge in [-0.2, -0.15) is 13.2 Å². The Bertz CT molecular complexity index is 766. The van der Waals surface area contributed by atoms with Crippen molar-refractivity contribution in [2.24, 2.45) is 0 Å². The number of sulfone groups is 1. The fourth-order valence-electron chi connectivity index (χ4n) is 1.79. The van der Waals surface area contributed by atoms with Gasteiger partial charge in [0.05, 0.1) is 33.8 Å². The van der Waals surface area contributed by atoms with Gasteiger partial charge in [-0.1, -0.05) is 12.1 Å². The molecule has 0 radical (unpaired) electrons. The van der Waals surface area contributed by atoms with E-state index < -0.39 is 26.5 Å². The summed E-state index contributed by atoms with van der Waals surface area (Å²) < 4.78 is 63.7. The minimum Gasteiger partial charge on any atom is -0.224 e. The van der Waals surface area contributed by atoms with Gasteiger partial charge in [-0.25, -0.2) is 13.1 Å². The van der Waals surface area contributed by atoms with Gasteiger partial charge in [-0.15, -0.1) is 5.10 Å². The maximum Gasteiger partial charge on any atom is 0.416 e. The van der Waals surface area contributed by atoms with Crippen molar-refractivity contribution in [3.8, 4) is 5.69 Å². The lowest BCUT2D eigenvalue weighted by Crippen LogP contribution is -2.14. The van der Waals surface area contributed by atoms with Crippen molar-refractivity contribution in [1.29, 1.82) is 0 Å². The van der Waals surface area contributed by atoms with Crippen molar-refractivity contribution < 1.29 is 21.6 Å². The molecule has 1 heterocycles. The Morgan fingerprint density at radius 1 is 1.29 bits per heavy atom. The highest BCUT2D eigenvalue weighted by Gasteiger charge is 2.33. The van der Waals surface area contributed by atoms with Gasteiger partial charge in [-0.05, 0) is 25.1 Å². The summed E-state index contributed by atoms with van der Waals surface area (Å²) in [4.78, 5) is -0.409. The number of halogens is 3. The van der Waals surface area contributed by atoms with Crippen LogP contribution < -0.4 is 0 Å². The Hall–Kier alpha value is -1.90. The lowest BCUT2D eigenvalue weighted by Gasteiger charge is -2.14. The zero-order valence-electron chi connectivity index (χ0n) is 11.2. The van der Waals surface area contributed by atoms with E-state index in [0.29, 0.717) is 11.8 Å². The van der Waals surface area contributed by atoms with E-state index in [1.165, 1.54) is 17.8 Å². The lowest BCUT2D eigenvalue weighted by molar-refractivity contribution is -0.137. The SMILES string of the molecule is CCS(=O)(=O)c1cc(C(F)(F)F)ccc1-n1nncc1C. The number of benzene rings is 1. The van der Waals surface area contributed by atoms with Crippen molar-refractivity contribution in [1.82, 2.24) is 15.0 Å². The van der Waals surface area contributed by atoms with Gasteiger partial charge in [0.25, 0.3) is 0 Å². The first-order chi connectivity index (χ1) is 9.66. The number of rotatable bonds is 3. The normalized spacial score (nSPS) is 12.6. The van der Waals surface area contributed by atoms with E-state index in [9.17, 15) is 21.6 Å². The first-order valence-electron chi connectivity index (χ1n) is 5.98. The second kappa shape index (κ2) is 5.14. The molecular formula is C12H12F3N3O2S. The van der Waals surface area contributed by atoms with Crippen molar-refractivity contribution >= 4 is 9.84 Å². The summed E-state index contributed by atoms with van der Waals surface area (Å²) in [6, 6.07) is 2.55. The van der Waals surface area contributed by atoms with Crippen LogP contribution in [0.4, 0.5) is 13.2 Å². The molecule has 1 aromatic carbocycles. The van der Waals surface area contributed by atoms with Crippen molar-refractivity contribution in [3.05, 3.63) is 35.7 Å². The summed E-state index contributed by atoms with van der Waals surface area (Å²) in [5, 5.41) is 7.32. The van der Waals surface area contributed by atoms with E-state index in [1.54, 1.807) is 6.92 Å². The van der Waals surface area contributed by atoms with Crippen LogP contribution in [-0.4, -0.2) is 29.2 Å². The highest BCUT2D eigenvalue weighted by Crippen LogP contribution is 2.33. The number of alkyl halides is 3. The van der Waals surface area contributed by atoms with Gasteiger partial charge in [0.15, 0.2) is 9.84 Å². The molecule has 114 valence electrons. The molecular weight excluding hydrogens is 307 g/mol. The van der Waals surface area contributed by atoms with Crippen LogP contribution in [0.15, 0.2) is 29.3 Å². The largest absolute Gasteiger partial charge is 0.416 e. The Morgan fingerprint density at radius 3 is 2.43 bits per heavy atom. The molecule has 0 saturated carbocycles. The van der Waals surface area contributed by atoms with Gasteiger partial charge < -0.3 is 0 Å². The number of aromatic nitrogens is 3. The standard InChI is InChI=1S/C12H12F3N3O2S/c1-3-21(19,20)11-6-9(12(13,14)15)4-5-10(11)18-8(2)7-16-17-18/h4-7H,3H2,1-2H3. The summed E-state index contributed by atoms with van der Waals surface area (Å²) in [6.07, 6.45) is -3.23. The zero-order valence-corrected chi connectivity index (χ0v) is 12.0. The molecule has 5 nitrogen and oxygen atoms in total. The van der Waals surface area contributed by atoms with Crippen LogP contribution in [0.2, 0.25) is 0 Å². The number of aryl methyl sites for hydroxylation is 1. The molecule has 0 aliphatic rings. The molecule has 0 fully saturated rings. The third kappa shape index (κ3) is 2.92. The molecule has 0 aliphatic carbocycles. The molecule has 9 heteroatoms.